The number of thiazole rings is 1. The topological polar surface area (TPSA) is 42.0 Å². The lowest BCUT2D eigenvalue weighted by atomic mass is 10.2. The Labute approximate surface area is 170 Å². The van der Waals surface area contributed by atoms with Crippen molar-refractivity contribution in [2.24, 2.45) is 0 Å². The van der Waals surface area contributed by atoms with Crippen LogP contribution < -0.4 is 5.32 Å². The summed E-state index contributed by atoms with van der Waals surface area (Å²) in [6.07, 6.45) is 0.283. The fraction of sp³-hybridized carbons (Fsp3) is 0.158. The maximum absolute atomic E-state index is 12.1. The lowest BCUT2D eigenvalue weighted by Gasteiger charge is -2.04. The van der Waals surface area contributed by atoms with Crippen LogP contribution >= 0.6 is 46.3 Å². The molecule has 0 bridgehead atoms. The van der Waals surface area contributed by atoms with Crippen LogP contribution in [0.4, 0.5) is 0 Å². The minimum Gasteiger partial charge on any atom is -0.352 e. The average Bonchev–Trinajstić information content (AvgIpc) is 3.07. The van der Waals surface area contributed by atoms with Crippen LogP contribution in [-0.2, 0) is 23.5 Å². The molecule has 0 radical (unpaired) electrons. The predicted octanol–water partition coefficient (Wildman–Crippen LogP) is 5.60. The van der Waals surface area contributed by atoms with Crippen molar-refractivity contribution < 1.29 is 4.79 Å². The number of thioether (sulfide) groups is 1. The molecule has 1 N–H and O–H groups in total. The van der Waals surface area contributed by atoms with Gasteiger partial charge < -0.3 is 5.32 Å². The van der Waals surface area contributed by atoms with E-state index < -0.39 is 0 Å². The third-order valence-electron chi connectivity index (χ3n) is 3.57. The van der Waals surface area contributed by atoms with Crippen LogP contribution in [0.3, 0.4) is 0 Å². The number of carbonyl (C=O) groups is 1. The van der Waals surface area contributed by atoms with E-state index in [2.05, 4.69) is 10.3 Å². The molecule has 0 aliphatic heterocycles. The lowest BCUT2D eigenvalue weighted by Crippen LogP contribution is -2.24. The molecule has 0 aliphatic rings. The lowest BCUT2D eigenvalue weighted by molar-refractivity contribution is -0.120. The second-order valence-corrected chi connectivity index (χ2v) is 8.49. The third kappa shape index (κ3) is 5.74. The minimum atomic E-state index is -0.0311. The summed E-state index contributed by atoms with van der Waals surface area (Å²) in [7, 11) is 0. The molecule has 1 heterocycles. The summed E-state index contributed by atoms with van der Waals surface area (Å²) in [4.78, 5) is 16.6. The smallest absolute Gasteiger partial charge is 0.226 e. The summed E-state index contributed by atoms with van der Waals surface area (Å²) in [6, 6.07) is 15.3. The van der Waals surface area contributed by atoms with Crippen LogP contribution in [-0.4, -0.2) is 10.9 Å². The molecule has 1 aromatic heterocycles. The number of hydrogen-bond donors (Lipinski definition) is 1. The number of aromatic nitrogens is 1. The van der Waals surface area contributed by atoms with Gasteiger partial charge in [-0.25, -0.2) is 4.98 Å². The van der Waals surface area contributed by atoms with Gasteiger partial charge >= 0.3 is 0 Å². The molecule has 0 atom stereocenters. The van der Waals surface area contributed by atoms with Gasteiger partial charge in [0.25, 0.3) is 0 Å². The van der Waals surface area contributed by atoms with E-state index in [9.17, 15) is 4.79 Å². The number of nitrogens with zero attached hydrogens (tertiary/aromatic N) is 1. The molecule has 3 aromatic rings. The molecule has 1 amide bonds. The van der Waals surface area contributed by atoms with Gasteiger partial charge in [0.1, 0.15) is 4.34 Å². The van der Waals surface area contributed by atoms with Crippen LogP contribution in [0, 0.1) is 0 Å². The second kappa shape index (κ2) is 9.42. The zero-order valence-electron chi connectivity index (χ0n) is 13.7. The van der Waals surface area contributed by atoms with E-state index in [1.165, 1.54) is 11.3 Å². The van der Waals surface area contributed by atoms with Gasteiger partial charge in [0.05, 0.1) is 12.1 Å². The van der Waals surface area contributed by atoms with Crippen LogP contribution in [0.1, 0.15) is 16.8 Å². The van der Waals surface area contributed by atoms with Gasteiger partial charge in [0.15, 0.2) is 0 Å². The van der Waals surface area contributed by atoms with Crippen molar-refractivity contribution in [3.8, 4) is 0 Å². The molecule has 0 spiro atoms. The molecule has 0 saturated carbocycles. The van der Waals surface area contributed by atoms with E-state index >= 15 is 0 Å². The highest BCUT2D eigenvalue weighted by Gasteiger charge is 2.09. The fourth-order valence-corrected chi connectivity index (χ4v) is 4.64. The minimum absolute atomic E-state index is 0.0311. The Morgan fingerprint density at radius 1 is 1.15 bits per heavy atom. The van der Waals surface area contributed by atoms with Crippen molar-refractivity contribution in [2.45, 2.75) is 23.1 Å². The highest BCUT2D eigenvalue weighted by Crippen LogP contribution is 2.30. The summed E-state index contributed by atoms with van der Waals surface area (Å²) in [5.41, 5.74) is 2.87. The molecule has 2 aromatic carbocycles. The maximum atomic E-state index is 12.1. The Morgan fingerprint density at radius 3 is 2.73 bits per heavy atom. The third-order valence-corrected chi connectivity index (χ3v) is 6.28. The van der Waals surface area contributed by atoms with E-state index in [1.807, 2.05) is 47.8 Å². The van der Waals surface area contributed by atoms with Crippen LogP contribution in [0.15, 0.2) is 58.3 Å². The molecule has 134 valence electrons. The Hall–Kier alpha value is -1.53. The standard InChI is InChI=1S/C19H16Cl2N2OS2/c20-15-7-6-14(17(21)8-15)11-25-19-23-16(12-26-19)9-18(24)22-10-13-4-2-1-3-5-13/h1-8,12H,9-11H2,(H,22,24). The molecule has 0 fully saturated rings. The van der Waals surface area contributed by atoms with Crippen LogP contribution in [0.2, 0.25) is 10.0 Å². The van der Waals surface area contributed by atoms with E-state index in [1.54, 1.807) is 17.8 Å². The number of benzene rings is 2. The molecule has 0 unspecified atom stereocenters. The number of amides is 1. The van der Waals surface area contributed by atoms with Crippen molar-refractivity contribution in [3.63, 3.8) is 0 Å². The zero-order chi connectivity index (χ0) is 18.4. The first-order chi connectivity index (χ1) is 12.6. The second-order valence-electron chi connectivity index (χ2n) is 5.57. The zero-order valence-corrected chi connectivity index (χ0v) is 16.9. The molecule has 26 heavy (non-hydrogen) atoms. The molecule has 0 aliphatic carbocycles. The summed E-state index contributed by atoms with van der Waals surface area (Å²) in [6.45, 7) is 0.528. The SMILES string of the molecule is O=C(Cc1csc(SCc2ccc(Cl)cc2Cl)n1)NCc1ccccc1. The van der Waals surface area contributed by atoms with E-state index in [0.717, 1.165) is 21.2 Å². The number of carbonyl (C=O) groups excluding carboxylic acids is 1. The van der Waals surface area contributed by atoms with Crippen LogP contribution in [0.25, 0.3) is 0 Å². The van der Waals surface area contributed by atoms with Gasteiger partial charge in [-0.3, -0.25) is 4.79 Å². The van der Waals surface area contributed by atoms with Gasteiger partial charge in [0, 0.05) is 27.7 Å². The fourth-order valence-electron chi connectivity index (χ4n) is 2.24. The quantitative estimate of drug-likeness (QED) is 0.503. The van der Waals surface area contributed by atoms with E-state index in [4.69, 9.17) is 23.2 Å². The van der Waals surface area contributed by atoms with E-state index in [0.29, 0.717) is 22.3 Å². The van der Waals surface area contributed by atoms with Crippen molar-refractivity contribution in [1.82, 2.24) is 10.3 Å². The highest BCUT2D eigenvalue weighted by molar-refractivity contribution is 8.00. The number of rotatable bonds is 7. The predicted molar refractivity (Wildman–Crippen MR) is 110 cm³/mol. The van der Waals surface area contributed by atoms with Gasteiger partial charge in [-0.2, -0.15) is 0 Å². The molecule has 3 nitrogen and oxygen atoms in total. The van der Waals surface area contributed by atoms with Gasteiger partial charge in [-0.15, -0.1) is 11.3 Å². The maximum Gasteiger partial charge on any atom is 0.226 e. The van der Waals surface area contributed by atoms with Crippen molar-refractivity contribution in [3.05, 3.63) is 80.8 Å². The largest absolute Gasteiger partial charge is 0.352 e. The van der Waals surface area contributed by atoms with Crippen molar-refractivity contribution in [2.75, 3.05) is 0 Å². The molecule has 0 saturated heterocycles. The normalized spacial score (nSPS) is 10.7. The summed E-state index contributed by atoms with van der Waals surface area (Å²) < 4.78 is 0.918. The van der Waals surface area contributed by atoms with E-state index in [-0.39, 0.29) is 12.3 Å². The monoisotopic (exact) mass is 422 g/mol. The number of nitrogens with one attached hydrogen (secondary N) is 1. The Morgan fingerprint density at radius 2 is 1.96 bits per heavy atom. The Bertz CT molecular complexity index is 884. The highest BCUT2D eigenvalue weighted by atomic mass is 35.5. The van der Waals surface area contributed by atoms with Gasteiger partial charge in [-0.05, 0) is 23.3 Å². The Balaban J connectivity index is 1.48. The van der Waals surface area contributed by atoms with Crippen molar-refractivity contribution >= 4 is 52.2 Å². The molecule has 7 heteroatoms. The van der Waals surface area contributed by atoms with Gasteiger partial charge in [-0.1, -0.05) is 71.4 Å². The summed E-state index contributed by atoms with van der Waals surface area (Å²) in [5, 5.41) is 6.12. The summed E-state index contributed by atoms with van der Waals surface area (Å²) >= 11 is 15.2. The average molecular weight is 423 g/mol. The molecular formula is C19H16Cl2N2OS2. The van der Waals surface area contributed by atoms with Crippen LogP contribution in [0.5, 0.6) is 0 Å². The number of hydrogen-bond acceptors (Lipinski definition) is 4. The number of halogens is 2. The first-order valence-corrected chi connectivity index (χ1v) is 10.5. The van der Waals surface area contributed by atoms with Gasteiger partial charge in [0.2, 0.25) is 5.91 Å². The first kappa shape index (κ1) is 19.2. The molecular weight excluding hydrogens is 407 g/mol. The first-order valence-electron chi connectivity index (χ1n) is 7.92. The van der Waals surface area contributed by atoms with Crippen molar-refractivity contribution in [1.29, 1.82) is 0 Å². The Kier molecular flexibility index (Phi) is 6.97. The summed E-state index contributed by atoms with van der Waals surface area (Å²) in [5.74, 6) is 0.680. The molecule has 3 rings (SSSR count).